The van der Waals surface area contributed by atoms with Gasteiger partial charge in [-0.05, 0) is 38.9 Å². The summed E-state index contributed by atoms with van der Waals surface area (Å²) in [5.41, 5.74) is 0. The SMILES string of the molecule is CCCNC(CO)CN(CCC)CCC. The van der Waals surface area contributed by atoms with Gasteiger partial charge in [0, 0.05) is 12.6 Å². The van der Waals surface area contributed by atoms with Crippen LogP contribution in [0.5, 0.6) is 0 Å². The van der Waals surface area contributed by atoms with Crippen LogP contribution in [0, 0.1) is 0 Å². The molecule has 0 fully saturated rings. The van der Waals surface area contributed by atoms with Crippen molar-refractivity contribution >= 4 is 0 Å². The fourth-order valence-electron chi connectivity index (χ4n) is 1.77. The maximum absolute atomic E-state index is 9.25. The molecule has 0 aromatic heterocycles. The van der Waals surface area contributed by atoms with E-state index < -0.39 is 0 Å². The lowest BCUT2D eigenvalue weighted by atomic mass is 10.2. The van der Waals surface area contributed by atoms with Crippen molar-refractivity contribution < 1.29 is 5.11 Å². The van der Waals surface area contributed by atoms with Gasteiger partial charge in [0.25, 0.3) is 0 Å². The molecule has 0 amide bonds. The van der Waals surface area contributed by atoms with Crippen LogP contribution in [-0.4, -0.2) is 48.8 Å². The third kappa shape index (κ3) is 7.77. The fourth-order valence-corrected chi connectivity index (χ4v) is 1.77. The monoisotopic (exact) mass is 216 g/mol. The van der Waals surface area contributed by atoms with Crippen molar-refractivity contribution in [1.29, 1.82) is 0 Å². The first kappa shape index (κ1) is 14.9. The summed E-state index contributed by atoms with van der Waals surface area (Å²) in [6, 6.07) is 0.239. The second kappa shape index (κ2) is 10.4. The first-order valence-electron chi connectivity index (χ1n) is 6.34. The predicted molar refractivity (Wildman–Crippen MR) is 66.2 cm³/mol. The van der Waals surface area contributed by atoms with E-state index in [4.69, 9.17) is 0 Å². The van der Waals surface area contributed by atoms with Gasteiger partial charge in [-0.3, -0.25) is 0 Å². The molecule has 0 heterocycles. The normalized spacial score (nSPS) is 13.4. The van der Waals surface area contributed by atoms with Gasteiger partial charge >= 0.3 is 0 Å². The summed E-state index contributed by atoms with van der Waals surface area (Å²) < 4.78 is 0. The average molecular weight is 216 g/mol. The summed E-state index contributed by atoms with van der Waals surface area (Å²) in [6.45, 7) is 11.0. The zero-order valence-corrected chi connectivity index (χ0v) is 10.6. The molecular weight excluding hydrogens is 188 g/mol. The highest BCUT2D eigenvalue weighted by atomic mass is 16.3. The van der Waals surface area contributed by atoms with E-state index in [1.54, 1.807) is 0 Å². The molecule has 0 saturated carbocycles. The Kier molecular flexibility index (Phi) is 10.3. The first-order chi connectivity index (χ1) is 7.28. The summed E-state index contributed by atoms with van der Waals surface area (Å²) in [7, 11) is 0. The topological polar surface area (TPSA) is 35.5 Å². The average Bonchev–Trinajstić information content (AvgIpc) is 2.24. The largest absolute Gasteiger partial charge is 0.395 e. The molecular formula is C12H28N2O. The van der Waals surface area contributed by atoms with Crippen LogP contribution in [0.3, 0.4) is 0 Å². The fraction of sp³-hybridized carbons (Fsp3) is 1.00. The van der Waals surface area contributed by atoms with E-state index in [-0.39, 0.29) is 12.6 Å². The molecule has 0 saturated heterocycles. The number of nitrogens with zero attached hydrogens (tertiary/aromatic N) is 1. The van der Waals surface area contributed by atoms with Gasteiger partial charge in [-0.2, -0.15) is 0 Å². The van der Waals surface area contributed by atoms with Crippen LogP contribution in [0.4, 0.5) is 0 Å². The Balaban J connectivity index is 3.85. The number of aliphatic hydroxyl groups excluding tert-OH is 1. The van der Waals surface area contributed by atoms with Crippen molar-refractivity contribution in [2.45, 2.75) is 46.1 Å². The number of hydrogen-bond acceptors (Lipinski definition) is 3. The lowest BCUT2D eigenvalue weighted by molar-refractivity contribution is 0.181. The number of nitrogens with one attached hydrogen (secondary N) is 1. The number of hydrogen-bond donors (Lipinski definition) is 2. The Bertz CT molecular complexity index is 125. The molecule has 0 aliphatic rings. The smallest absolute Gasteiger partial charge is 0.0597 e. The first-order valence-corrected chi connectivity index (χ1v) is 6.34. The Morgan fingerprint density at radius 1 is 1.07 bits per heavy atom. The molecule has 15 heavy (non-hydrogen) atoms. The molecule has 92 valence electrons. The van der Waals surface area contributed by atoms with Gasteiger partial charge in [-0.15, -0.1) is 0 Å². The summed E-state index contributed by atoms with van der Waals surface area (Å²) in [6.07, 6.45) is 3.50. The molecule has 0 aliphatic carbocycles. The highest BCUT2D eigenvalue weighted by molar-refractivity contribution is 4.70. The maximum Gasteiger partial charge on any atom is 0.0597 e. The zero-order valence-electron chi connectivity index (χ0n) is 10.6. The van der Waals surface area contributed by atoms with Crippen molar-refractivity contribution in [3.05, 3.63) is 0 Å². The Hall–Kier alpha value is -0.120. The van der Waals surface area contributed by atoms with Gasteiger partial charge in [-0.1, -0.05) is 20.8 Å². The molecule has 0 aromatic rings. The molecule has 3 heteroatoms. The van der Waals surface area contributed by atoms with E-state index in [1.807, 2.05) is 0 Å². The standard InChI is InChI=1S/C12H28N2O/c1-4-7-13-12(11-15)10-14(8-5-2)9-6-3/h12-13,15H,4-11H2,1-3H3. The van der Waals surface area contributed by atoms with Gasteiger partial charge in [0.1, 0.15) is 0 Å². The summed E-state index contributed by atoms with van der Waals surface area (Å²) in [4.78, 5) is 2.43. The predicted octanol–water partition coefficient (Wildman–Crippen LogP) is 1.47. The lowest BCUT2D eigenvalue weighted by Gasteiger charge is -2.26. The van der Waals surface area contributed by atoms with Crippen molar-refractivity contribution in [2.75, 3.05) is 32.8 Å². The van der Waals surface area contributed by atoms with Crippen LogP contribution < -0.4 is 5.32 Å². The molecule has 1 unspecified atom stereocenters. The highest BCUT2D eigenvalue weighted by Crippen LogP contribution is 1.97. The number of aliphatic hydroxyl groups is 1. The van der Waals surface area contributed by atoms with Crippen LogP contribution in [0.2, 0.25) is 0 Å². The van der Waals surface area contributed by atoms with Crippen LogP contribution in [0.25, 0.3) is 0 Å². The minimum Gasteiger partial charge on any atom is -0.395 e. The maximum atomic E-state index is 9.25. The Labute approximate surface area is 94.9 Å². The van der Waals surface area contributed by atoms with Gasteiger partial charge < -0.3 is 15.3 Å². The van der Waals surface area contributed by atoms with E-state index >= 15 is 0 Å². The third-order valence-corrected chi connectivity index (χ3v) is 2.46. The van der Waals surface area contributed by atoms with Gasteiger partial charge in [0.05, 0.1) is 6.61 Å². The van der Waals surface area contributed by atoms with Gasteiger partial charge in [0.15, 0.2) is 0 Å². The van der Waals surface area contributed by atoms with Crippen molar-refractivity contribution in [3.63, 3.8) is 0 Å². The summed E-state index contributed by atoms with van der Waals surface area (Å²) in [5.74, 6) is 0. The number of rotatable bonds is 10. The molecule has 0 spiro atoms. The van der Waals surface area contributed by atoms with E-state index in [9.17, 15) is 5.11 Å². The lowest BCUT2D eigenvalue weighted by Crippen LogP contribution is -2.44. The zero-order chi connectivity index (χ0) is 11.5. The van der Waals surface area contributed by atoms with Crippen molar-refractivity contribution in [1.82, 2.24) is 10.2 Å². The second-order valence-corrected chi connectivity index (χ2v) is 4.13. The molecule has 0 aromatic carbocycles. The minimum atomic E-state index is 0.239. The molecule has 0 rings (SSSR count). The van der Waals surface area contributed by atoms with Crippen molar-refractivity contribution in [3.8, 4) is 0 Å². The van der Waals surface area contributed by atoms with Crippen molar-refractivity contribution in [2.24, 2.45) is 0 Å². The van der Waals surface area contributed by atoms with E-state index in [2.05, 4.69) is 31.0 Å². The molecule has 1 atom stereocenters. The quantitative estimate of drug-likeness (QED) is 0.580. The molecule has 2 N–H and O–H groups in total. The van der Waals surface area contributed by atoms with Crippen LogP contribution in [0.15, 0.2) is 0 Å². The minimum absolute atomic E-state index is 0.239. The van der Waals surface area contributed by atoms with E-state index in [1.165, 1.54) is 12.8 Å². The molecule has 0 radical (unpaired) electrons. The van der Waals surface area contributed by atoms with Crippen LogP contribution >= 0.6 is 0 Å². The summed E-state index contributed by atoms with van der Waals surface area (Å²) >= 11 is 0. The van der Waals surface area contributed by atoms with Crippen LogP contribution in [0.1, 0.15) is 40.0 Å². The van der Waals surface area contributed by atoms with E-state index in [0.717, 1.165) is 32.6 Å². The molecule has 0 bridgehead atoms. The molecule has 0 aliphatic heterocycles. The Morgan fingerprint density at radius 2 is 1.67 bits per heavy atom. The van der Waals surface area contributed by atoms with E-state index in [0.29, 0.717) is 0 Å². The summed E-state index contributed by atoms with van der Waals surface area (Å²) in [5, 5.41) is 12.6. The Morgan fingerprint density at radius 3 is 2.07 bits per heavy atom. The van der Waals surface area contributed by atoms with Gasteiger partial charge in [-0.25, -0.2) is 0 Å². The third-order valence-electron chi connectivity index (χ3n) is 2.46. The van der Waals surface area contributed by atoms with Gasteiger partial charge in [0.2, 0.25) is 0 Å². The second-order valence-electron chi connectivity index (χ2n) is 4.13. The highest BCUT2D eigenvalue weighted by Gasteiger charge is 2.11. The van der Waals surface area contributed by atoms with Crippen LogP contribution in [-0.2, 0) is 0 Å². The molecule has 3 nitrogen and oxygen atoms in total.